The Hall–Kier alpha value is -1.30. The highest BCUT2D eigenvalue weighted by Crippen LogP contribution is 2.36. The summed E-state index contributed by atoms with van der Waals surface area (Å²) in [6, 6.07) is 8.25. The molecule has 0 bridgehead atoms. The van der Waals surface area contributed by atoms with Crippen LogP contribution >= 0.6 is 0 Å². The van der Waals surface area contributed by atoms with Crippen LogP contribution in [-0.2, 0) is 11.3 Å². The fourth-order valence-electron chi connectivity index (χ4n) is 2.59. The molecule has 1 aliphatic rings. The van der Waals surface area contributed by atoms with Crippen LogP contribution in [0.4, 0.5) is 0 Å². The lowest BCUT2D eigenvalue weighted by Crippen LogP contribution is -2.26. The molecule has 108 valence electrons. The molecule has 2 N–H and O–H groups in total. The summed E-state index contributed by atoms with van der Waals surface area (Å²) in [5.41, 5.74) is 8.09. The first kappa shape index (κ1) is 15.1. The van der Waals surface area contributed by atoms with Gasteiger partial charge in [-0.25, -0.2) is 0 Å². The van der Waals surface area contributed by atoms with Crippen molar-refractivity contribution in [2.75, 3.05) is 6.54 Å². The van der Waals surface area contributed by atoms with Gasteiger partial charge in [-0.15, -0.1) is 0 Å². The van der Waals surface area contributed by atoms with Crippen LogP contribution < -0.4 is 5.73 Å². The van der Waals surface area contributed by atoms with Crippen molar-refractivity contribution < 1.29 is 4.74 Å². The van der Waals surface area contributed by atoms with Gasteiger partial charge in [0.2, 0.25) is 0 Å². The van der Waals surface area contributed by atoms with Crippen LogP contribution in [0.5, 0.6) is 0 Å². The zero-order valence-corrected chi connectivity index (χ0v) is 12.6. The van der Waals surface area contributed by atoms with Gasteiger partial charge in [-0.2, -0.15) is 0 Å². The maximum absolute atomic E-state index is 6.03. The van der Waals surface area contributed by atoms with Crippen LogP contribution in [-0.4, -0.2) is 12.6 Å². The van der Waals surface area contributed by atoms with Crippen LogP contribution in [0.1, 0.15) is 50.7 Å². The lowest BCUT2D eigenvalue weighted by molar-refractivity contribution is -0.00558. The molecule has 2 nitrogen and oxygen atoms in total. The van der Waals surface area contributed by atoms with Crippen molar-refractivity contribution in [1.29, 1.82) is 0 Å². The summed E-state index contributed by atoms with van der Waals surface area (Å²) in [5.74, 6) is 5.89. The third-order valence-electron chi connectivity index (χ3n) is 4.06. The Balaban J connectivity index is 1.80. The van der Waals surface area contributed by atoms with E-state index in [4.69, 9.17) is 10.5 Å². The molecular formula is C18H25NO. The minimum atomic E-state index is 0.406. The molecular weight excluding hydrogens is 246 g/mol. The zero-order valence-electron chi connectivity index (χ0n) is 12.6. The van der Waals surface area contributed by atoms with E-state index in [9.17, 15) is 0 Å². The van der Waals surface area contributed by atoms with E-state index >= 15 is 0 Å². The second kappa shape index (κ2) is 6.92. The number of benzene rings is 1. The van der Waals surface area contributed by atoms with E-state index in [0.717, 1.165) is 5.56 Å². The molecule has 1 aromatic carbocycles. The van der Waals surface area contributed by atoms with Gasteiger partial charge in [0.05, 0.1) is 19.3 Å². The molecule has 0 heterocycles. The zero-order chi connectivity index (χ0) is 14.4. The number of ether oxygens (including phenoxy) is 1. The van der Waals surface area contributed by atoms with Gasteiger partial charge in [0, 0.05) is 5.56 Å². The third-order valence-corrected chi connectivity index (χ3v) is 4.06. The minimum Gasteiger partial charge on any atom is -0.374 e. The van der Waals surface area contributed by atoms with Gasteiger partial charge in [0.25, 0.3) is 0 Å². The molecule has 0 spiro atoms. The van der Waals surface area contributed by atoms with Crippen molar-refractivity contribution in [3.8, 4) is 11.8 Å². The van der Waals surface area contributed by atoms with Gasteiger partial charge in [0.1, 0.15) is 0 Å². The Kier molecular flexibility index (Phi) is 5.23. The summed E-state index contributed by atoms with van der Waals surface area (Å²) in [6.07, 6.45) is 5.34. The quantitative estimate of drug-likeness (QED) is 0.854. The van der Waals surface area contributed by atoms with Crippen LogP contribution in [0.15, 0.2) is 24.3 Å². The Morgan fingerprint density at radius 1 is 1.20 bits per heavy atom. The fourth-order valence-corrected chi connectivity index (χ4v) is 2.59. The van der Waals surface area contributed by atoms with Gasteiger partial charge in [-0.05, 0) is 48.8 Å². The monoisotopic (exact) mass is 271 g/mol. The van der Waals surface area contributed by atoms with E-state index in [2.05, 4.69) is 37.8 Å². The number of hydrogen-bond donors (Lipinski definition) is 1. The first-order valence-electron chi connectivity index (χ1n) is 7.48. The van der Waals surface area contributed by atoms with Crippen molar-refractivity contribution >= 4 is 0 Å². The topological polar surface area (TPSA) is 35.2 Å². The Labute approximate surface area is 122 Å². The Morgan fingerprint density at radius 2 is 1.85 bits per heavy atom. The van der Waals surface area contributed by atoms with Crippen LogP contribution in [0.3, 0.4) is 0 Å². The Bertz CT molecular complexity index is 468. The standard InChI is InChI=1S/C18H25NO/c1-18(2)11-9-17(10-12-18)20-14-16-7-5-15(6-8-16)4-3-13-19/h5-8,17H,9-14,19H2,1-2H3. The van der Waals surface area contributed by atoms with Gasteiger partial charge in [-0.3, -0.25) is 0 Å². The molecule has 0 aliphatic heterocycles. The number of nitrogens with two attached hydrogens (primary N) is 1. The summed E-state index contributed by atoms with van der Waals surface area (Å²) in [6.45, 7) is 5.81. The molecule has 0 unspecified atom stereocenters. The summed E-state index contributed by atoms with van der Waals surface area (Å²) in [7, 11) is 0. The maximum atomic E-state index is 6.03. The van der Waals surface area contributed by atoms with E-state index in [1.165, 1.54) is 31.2 Å². The second-order valence-electron chi connectivity index (χ2n) is 6.38. The SMILES string of the molecule is CC1(C)CCC(OCc2ccc(C#CCN)cc2)CC1. The molecule has 20 heavy (non-hydrogen) atoms. The summed E-state index contributed by atoms with van der Waals surface area (Å²) in [4.78, 5) is 0. The third kappa shape index (κ3) is 4.67. The van der Waals surface area contributed by atoms with Crippen LogP contribution in [0.2, 0.25) is 0 Å². The van der Waals surface area contributed by atoms with Crippen LogP contribution in [0.25, 0.3) is 0 Å². The van der Waals surface area contributed by atoms with E-state index in [-0.39, 0.29) is 0 Å². The minimum absolute atomic E-state index is 0.406. The predicted octanol–water partition coefficient (Wildman–Crippen LogP) is 3.48. The molecule has 0 amide bonds. The number of rotatable bonds is 3. The molecule has 1 fully saturated rings. The first-order valence-corrected chi connectivity index (χ1v) is 7.48. The molecule has 1 aromatic rings. The van der Waals surface area contributed by atoms with Crippen molar-refractivity contribution in [3.05, 3.63) is 35.4 Å². The highest BCUT2D eigenvalue weighted by atomic mass is 16.5. The van der Waals surface area contributed by atoms with Gasteiger partial charge < -0.3 is 10.5 Å². The maximum Gasteiger partial charge on any atom is 0.0720 e. The van der Waals surface area contributed by atoms with Gasteiger partial charge in [-0.1, -0.05) is 37.8 Å². The van der Waals surface area contributed by atoms with E-state index in [1.54, 1.807) is 0 Å². The van der Waals surface area contributed by atoms with E-state index in [0.29, 0.717) is 24.7 Å². The summed E-state index contributed by atoms with van der Waals surface area (Å²) < 4.78 is 6.03. The summed E-state index contributed by atoms with van der Waals surface area (Å²) >= 11 is 0. The molecule has 1 aliphatic carbocycles. The Morgan fingerprint density at radius 3 is 2.45 bits per heavy atom. The molecule has 2 heteroatoms. The van der Waals surface area contributed by atoms with Crippen molar-refractivity contribution in [3.63, 3.8) is 0 Å². The predicted molar refractivity (Wildman–Crippen MR) is 83.2 cm³/mol. The summed E-state index contributed by atoms with van der Waals surface area (Å²) in [5, 5.41) is 0. The molecule has 0 radical (unpaired) electrons. The lowest BCUT2D eigenvalue weighted by atomic mass is 9.76. The molecule has 2 rings (SSSR count). The van der Waals surface area contributed by atoms with Crippen molar-refractivity contribution in [1.82, 2.24) is 0 Å². The molecule has 0 aromatic heterocycles. The first-order chi connectivity index (χ1) is 9.59. The molecule has 0 atom stereocenters. The van der Waals surface area contributed by atoms with Crippen LogP contribution in [0, 0.1) is 17.3 Å². The molecule has 0 saturated heterocycles. The average molecular weight is 271 g/mol. The lowest BCUT2D eigenvalue weighted by Gasteiger charge is -2.34. The fraction of sp³-hybridized carbons (Fsp3) is 0.556. The average Bonchev–Trinajstić information content (AvgIpc) is 2.45. The highest BCUT2D eigenvalue weighted by Gasteiger charge is 2.26. The second-order valence-corrected chi connectivity index (χ2v) is 6.38. The largest absolute Gasteiger partial charge is 0.374 e. The molecule has 1 saturated carbocycles. The van der Waals surface area contributed by atoms with Gasteiger partial charge in [0.15, 0.2) is 0 Å². The van der Waals surface area contributed by atoms with Crippen molar-refractivity contribution in [2.45, 2.75) is 52.2 Å². The number of hydrogen-bond acceptors (Lipinski definition) is 2. The van der Waals surface area contributed by atoms with Gasteiger partial charge >= 0.3 is 0 Å². The highest BCUT2D eigenvalue weighted by molar-refractivity contribution is 5.36. The van der Waals surface area contributed by atoms with E-state index < -0.39 is 0 Å². The van der Waals surface area contributed by atoms with E-state index in [1.807, 2.05) is 12.1 Å². The normalized spacial score (nSPS) is 18.4. The smallest absolute Gasteiger partial charge is 0.0720 e. The van der Waals surface area contributed by atoms with Crippen molar-refractivity contribution in [2.24, 2.45) is 11.1 Å².